The van der Waals surface area contributed by atoms with Crippen molar-refractivity contribution in [3.05, 3.63) is 92.8 Å². The molecule has 0 aliphatic carbocycles. The van der Waals surface area contributed by atoms with Crippen LogP contribution in [0.4, 0.5) is 14.9 Å². The highest BCUT2D eigenvalue weighted by atomic mass is 32.2. The summed E-state index contributed by atoms with van der Waals surface area (Å²) in [4.78, 5) is 36.5. The SMILES string of the molecule is O=C1S/C(=C\c2ccc(-c3cccc(F)c3)o2)C(=O)N1Cc1cccc([N+](=O)[O-])c1. The highest BCUT2D eigenvalue weighted by molar-refractivity contribution is 8.18. The average molecular weight is 424 g/mol. The molecule has 1 fully saturated rings. The second-order valence-electron chi connectivity index (χ2n) is 6.41. The van der Waals surface area contributed by atoms with E-state index in [0.29, 0.717) is 22.6 Å². The number of carbonyl (C=O) groups excluding carboxylic acids is 2. The van der Waals surface area contributed by atoms with Gasteiger partial charge in [0.2, 0.25) is 0 Å². The smallest absolute Gasteiger partial charge is 0.293 e. The summed E-state index contributed by atoms with van der Waals surface area (Å²) in [6.07, 6.45) is 1.45. The predicted octanol–water partition coefficient (Wildman–Crippen LogP) is 5.23. The largest absolute Gasteiger partial charge is 0.457 e. The highest BCUT2D eigenvalue weighted by Gasteiger charge is 2.35. The minimum Gasteiger partial charge on any atom is -0.457 e. The van der Waals surface area contributed by atoms with Crippen LogP contribution in [0.2, 0.25) is 0 Å². The van der Waals surface area contributed by atoms with Crippen LogP contribution < -0.4 is 0 Å². The first-order chi connectivity index (χ1) is 14.4. The van der Waals surface area contributed by atoms with Crippen molar-refractivity contribution < 1.29 is 23.3 Å². The van der Waals surface area contributed by atoms with E-state index in [0.717, 1.165) is 16.7 Å². The number of non-ortho nitro benzene ring substituents is 1. The van der Waals surface area contributed by atoms with Gasteiger partial charge < -0.3 is 4.42 Å². The maximum atomic E-state index is 13.4. The van der Waals surface area contributed by atoms with Gasteiger partial charge in [-0.25, -0.2) is 4.39 Å². The van der Waals surface area contributed by atoms with Crippen molar-refractivity contribution in [3.63, 3.8) is 0 Å². The van der Waals surface area contributed by atoms with Crippen LogP contribution >= 0.6 is 11.8 Å². The molecule has 3 aromatic rings. The monoisotopic (exact) mass is 424 g/mol. The summed E-state index contributed by atoms with van der Waals surface area (Å²) in [6, 6.07) is 14.9. The van der Waals surface area contributed by atoms with Gasteiger partial charge in [-0.05, 0) is 41.6 Å². The Balaban J connectivity index is 1.53. The van der Waals surface area contributed by atoms with Gasteiger partial charge in [0, 0.05) is 23.8 Å². The number of amides is 2. The lowest BCUT2D eigenvalue weighted by Crippen LogP contribution is -2.27. The van der Waals surface area contributed by atoms with Crippen molar-refractivity contribution in [1.82, 2.24) is 4.90 Å². The Morgan fingerprint density at radius 3 is 2.67 bits per heavy atom. The number of nitro groups is 1. The van der Waals surface area contributed by atoms with E-state index < -0.39 is 21.9 Å². The molecule has 1 aromatic heterocycles. The number of furan rings is 1. The molecule has 0 radical (unpaired) electrons. The van der Waals surface area contributed by atoms with Gasteiger partial charge in [0.15, 0.2) is 0 Å². The summed E-state index contributed by atoms with van der Waals surface area (Å²) in [5, 5.41) is 10.4. The number of imide groups is 1. The molecule has 2 heterocycles. The van der Waals surface area contributed by atoms with Gasteiger partial charge >= 0.3 is 0 Å². The molecule has 1 aliphatic heterocycles. The van der Waals surface area contributed by atoms with Crippen LogP contribution in [-0.2, 0) is 11.3 Å². The quantitative estimate of drug-likeness (QED) is 0.316. The summed E-state index contributed by atoms with van der Waals surface area (Å²) in [7, 11) is 0. The molecule has 7 nitrogen and oxygen atoms in total. The number of carbonyl (C=O) groups is 2. The molecule has 4 rings (SSSR count). The average Bonchev–Trinajstić information content (AvgIpc) is 3.29. The molecule has 150 valence electrons. The van der Waals surface area contributed by atoms with Crippen molar-refractivity contribution in [3.8, 4) is 11.3 Å². The number of rotatable bonds is 5. The van der Waals surface area contributed by atoms with Gasteiger partial charge in [0.25, 0.3) is 16.8 Å². The number of halogens is 1. The zero-order valence-electron chi connectivity index (χ0n) is 15.3. The topological polar surface area (TPSA) is 93.7 Å². The van der Waals surface area contributed by atoms with Crippen LogP contribution in [0.3, 0.4) is 0 Å². The normalized spacial score (nSPS) is 15.2. The third kappa shape index (κ3) is 4.01. The fourth-order valence-corrected chi connectivity index (χ4v) is 3.76. The predicted molar refractivity (Wildman–Crippen MR) is 109 cm³/mol. The van der Waals surface area contributed by atoms with Gasteiger partial charge in [0.05, 0.1) is 16.4 Å². The van der Waals surface area contributed by atoms with Gasteiger partial charge in [-0.1, -0.05) is 24.3 Å². The molecule has 2 aromatic carbocycles. The third-order valence-corrected chi connectivity index (χ3v) is 5.25. The van der Waals surface area contributed by atoms with E-state index >= 15 is 0 Å². The van der Waals surface area contributed by atoms with Gasteiger partial charge in [-0.15, -0.1) is 0 Å². The zero-order valence-corrected chi connectivity index (χ0v) is 16.1. The second-order valence-corrected chi connectivity index (χ2v) is 7.40. The first-order valence-electron chi connectivity index (χ1n) is 8.75. The fourth-order valence-electron chi connectivity index (χ4n) is 2.94. The maximum Gasteiger partial charge on any atom is 0.293 e. The number of thioether (sulfide) groups is 1. The fraction of sp³-hybridized carbons (Fsp3) is 0.0476. The van der Waals surface area contributed by atoms with Crippen LogP contribution in [0.5, 0.6) is 0 Å². The Hall–Kier alpha value is -3.72. The minimum atomic E-state index is -0.537. The van der Waals surface area contributed by atoms with E-state index in [1.807, 2.05) is 0 Å². The van der Waals surface area contributed by atoms with Gasteiger partial charge in [0.1, 0.15) is 17.3 Å². The summed E-state index contributed by atoms with van der Waals surface area (Å²) in [5.41, 5.74) is 0.906. The molecule has 0 unspecified atom stereocenters. The Bertz CT molecular complexity index is 1200. The van der Waals surface area contributed by atoms with Crippen molar-refractivity contribution in [2.24, 2.45) is 0 Å². The third-order valence-electron chi connectivity index (χ3n) is 4.34. The molecule has 0 bridgehead atoms. The highest BCUT2D eigenvalue weighted by Crippen LogP contribution is 2.34. The molecule has 1 saturated heterocycles. The number of benzene rings is 2. The van der Waals surface area contributed by atoms with Crippen LogP contribution in [-0.4, -0.2) is 21.0 Å². The molecule has 1 aliphatic rings. The van der Waals surface area contributed by atoms with Gasteiger partial charge in [-0.2, -0.15) is 0 Å². The number of nitrogens with zero attached hydrogens (tertiary/aromatic N) is 2. The molecule has 0 N–H and O–H groups in total. The molecular formula is C21H13FN2O5S. The van der Waals surface area contributed by atoms with E-state index in [4.69, 9.17) is 4.42 Å². The van der Waals surface area contributed by atoms with E-state index in [2.05, 4.69) is 0 Å². The summed E-state index contributed by atoms with van der Waals surface area (Å²) in [5.74, 6) is -0.139. The van der Waals surface area contributed by atoms with Crippen molar-refractivity contribution in [2.75, 3.05) is 0 Å². The lowest BCUT2D eigenvalue weighted by atomic mass is 10.2. The van der Waals surface area contributed by atoms with E-state index in [1.54, 1.807) is 30.3 Å². The molecule has 9 heteroatoms. The Labute approximate surface area is 173 Å². The molecule has 30 heavy (non-hydrogen) atoms. The van der Waals surface area contributed by atoms with Crippen LogP contribution in [0.1, 0.15) is 11.3 Å². The number of nitro benzene ring substituents is 1. The van der Waals surface area contributed by atoms with E-state index in [-0.39, 0.29) is 17.1 Å². The minimum absolute atomic E-state index is 0.0730. The first-order valence-corrected chi connectivity index (χ1v) is 9.57. The van der Waals surface area contributed by atoms with Gasteiger partial charge in [-0.3, -0.25) is 24.6 Å². The first kappa shape index (κ1) is 19.6. The van der Waals surface area contributed by atoms with E-state index in [1.165, 1.54) is 36.4 Å². The van der Waals surface area contributed by atoms with Crippen molar-refractivity contribution in [1.29, 1.82) is 0 Å². The Kier molecular flexibility index (Phi) is 5.20. The standard InChI is InChI=1S/C21H13FN2O5S/c22-15-5-2-4-14(10-15)18-8-7-17(29-18)11-19-20(25)23(21(26)30-19)12-13-3-1-6-16(9-13)24(27)28/h1-11H,12H2/b19-11-. The molecule has 0 saturated carbocycles. The Morgan fingerprint density at radius 2 is 1.90 bits per heavy atom. The lowest BCUT2D eigenvalue weighted by Gasteiger charge is -2.12. The second kappa shape index (κ2) is 7.96. The number of hydrogen-bond donors (Lipinski definition) is 0. The van der Waals surface area contributed by atoms with Crippen LogP contribution in [0.15, 0.2) is 70.0 Å². The van der Waals surface area contributed by atoms with Crippen LogP contribution in [0.25, 0.3) is 17.4 Å². The summed E-state index contributed by atoms with van der Waals surface area (Å²) >= 11 is 0.759. The molecule has 0 atom stereocenters. The summed E-state index contributed by atoms with van der Waals surface area (Å²) < 4.78 is 19.0. The van der Waals surface area contributed by atoms with Crippen LogP contribution in [0, 0.1) is 15.9 Å². The maximum absolute atomic E-state index is 13.4. The van der Waals surface area contributed by atoms with Crippen molar-refractivity contribution in [2.45, 2.75) is 6.54 Å². The zero-order chi connectivity index (χ0) is 21.3. The van der Waals surface area contributed by atoms with E-state index in [9.17, 15) is 24.1 Å². The molecule has 2 amide bonds. The Morgan fingerprint density at radius 1 is 1.10 bits per heavy atom. The molecule has 0 spiro atoms. The summed E-state index contributed by atoms with van der Waals surface area (Å²) in [6.45, 7) is -0.0730. The molecular weight excluding hydrogens is 411 g/mol. The van der Waals surface area contributed by atoms with Crippen molar-refractivity contribution >= 4 is 34.7 Å². The lowest BCUT2D eigenvalue weighted by molar-refractivity contribution is -0.384. The number of hydrogen-bond acceptors (Lipinski definition) is 6.